The molecule has 1 N–H and O–H groups in total. The third kappa shape index (κ3) is 1.30. The van der Waals surface area contributed by atoms with Gasteiger partial charge in [0.1, 0.15) is 0 Å². The Morgan fingerprint density at radius 3 is 2.70 bits per heavy atom. The van der Waals surface area contributed by atoms with E-state index in [-0.39, 0.29) is 17.9 Å². The Bertz CT molecular complexity index is 167. The average Bonchev–Trinajstić information content (AvgIpc) is 1.83. The topological polar surface area (TPSA) is 20.2 Å². The van der Waals surface area contributed by atoms with E-state index in [0.717, 1.165) is 0 Å². The molecular formula is C6H7ClF2O. The maximum absolute atomic E-state index is 12.5. The van der Waals surface area contributed by atoms with Crippen LogP contribution in [0.2, 0.25) is 0 Å². The zero-order valence-corrected chi connectivity index (χ0v) is 5.91. The number of rotatable bonds is 0. The molecule has 58 valence electrons. The van der Waals surface area contributed by atoms with Crippen LogP contribution in [0.15, 0.2) is 11.1 Å². The van der Waals surface area contributed by atoms with Gasteiger partial charge in [-0.3, -0.25) is 0 Å². The molecule has 0 saturated heterocycles. The highest BCUT2D eigenvalue weighted by Gasteiger charge is 2.41. The second kappa shape index (κ2) is 2.47. The standard InChI is InChI=1S/C6H7ClF2O/c7-4-2-1-3-6(8,9)5(4)10/h2,5,10H,1,3H2. The predicted octanol–water partition coefficient (Wildman–Crippen LogP) is 1.90. The summed E-state index contributed by atoms with van der Waals surface area (Å²) in [5.41, 5.74) is 0. The number of alkyl halides is 2. The lowest BCUT2D eigenvalue weighted by Gasteiger charge is -2.25. The molecule has 0 bridgehead atoms. The number of hydrogen-bond acceptors (Lipinski definition) is 1. The van der Waals surface area contributed by atoms with Crippen molar-refractivity contribution in [1.29, 1.82) is 0 Å². The molecule has 0 saturated carbocycles. The zero-order chi connectivity index (χ0) is 7.78. The molecule has 1 aliphatic carbocycles. The molecule has 0 radical (unpaired) electrons. The van der Waals surface area contributed by atoms with E-state index in [1.54, 1.807) is 0 Å². The maximum atomic E-state index is 12.5. The summed E-state index contributed by atoms with van der Waals surface area (Å²) in [6, 6.07) is 0. The molecule has 0 heterocycles. The number of aliphatic hydroxyl groups excluding tert-OH is 1. The van der Waals surface area contributed by atoms with Gasteiger partial charge in [0, 0.05) is 11.5 Å². The van der Waals surface area contributed by atoms with Gasteiger partial charge in [-0.05, 0) is 6.42 Å². The van der Waals surface area contributed by atoms with Crippen molar-refractivity contribution in [2.24, 2.45) is 0 Å². The SMILES string of the molecule is OC1C(Cl)=CCCC1(F)F. The summed E-state index contributed by atoms with van der Waals surface area (Å²) in [7, 11) is 0. The van der Waals surface area contributed by atoms with Crippen LogP contribution >= 0.6 is 11.6 Å². The van der Waals surface area contributed by atoms with Crippen LogP contribution < -0.4 is 0 Å². The average molecular weight is 169 g/mol. The molecule has 10 heavy (non-hydrogen) atoms. The number of hydrogen-bond donors (Lipinski definition) is 1. The Morgan fingerprint density at radius 1 is 1.70 bits per heavy atom. The first kappa shape index (κ1) is 7.95. The first-order valence-corrected chi connectivity index (χ1v) is 3.33. The van der Waals surface area contributed by atoms with E-state index >= 15 is 0 Å². The third-order valence-corrected chi connectivity index (χ3v) is 1.84. The van der Waals surface area contributed by atoms with E-state index in [0.29, 0.717) is 0 Å². The fourth-order valence-corrected chi connectivity index (χ4v) is 1.12. The monoisotopic (exact) mass is 168 g/mol. The Kier molecular flexibility index (Phi) is 1.97. The second-order valence-corrected chi connectivity index (χ2v) is 2.73. The summed E-state index contributed by atoms with van der Waals surface area (Å²) in [6.45, 7) is 0. The van der Waals surface area contributed by atoms with Gasteiger partial charge in [0.05, 0.1) is 0 Å². The lowest BCUT2D eigenvalue weighted by atomic mass is 10.0. The molecule has 0 fully saturated rings. The molecule has 1 unspecified atom stereocenters. The number of halogens is 3. The van der Waals surface area contributed by atoms with Crippen molar-refractivity contribution in [3.05, 3.63) is 11.1 Å². The molecular weight excluding hydrogens is 162 g/mol. The van der Waals surface area contributed by atoms with Gasteiger partial charge in [0.25, 0.3) is 5.92 Å². The fourth-order valence-electron chi connectivity index (χ4n) is 0.853. The molecule has 0 amide bonds. The van der Waals surface area contributed by atoms with Gasteiger partial charge < -0.3 is 5.11 Å². The van der Waals surface area contributed by atoms with Gasteiger partial charge in [-0.15, -0.1) is 0 Å². The van der Waals surface area contributed by atoms with Crippen molar-refractivity contribution in [2.75, 3.05) is 0 Å². The highest BCUT2D eigenvalue weighted by molar-refractivity contribution is 6.30. The minimum atomic E-state index is -3.04. The summed E-state index contributed by atoms with van der Waals surface area (Å²) in [5.74, 6) is -3.04. The van der Waals surface area contributed by atoms with E-state index in [9.17, 15) is 8.78 Å². The summed E-state index contributed by atoms with van der Waals surface area (Å²) in [5, 5.41) is 8.61. The van der Waals surface area contributed by atoms with Crippen LogP contribution in [0.25, 0.3) is 0 Å². The Balaban J connectivity index is 2.78. The van der Waals surface area contributed by atoms with Crippen LogP contribution in [0.1, 0.15) is 12.8 Å². The third-order valence-electron chi connectivity index (χ3n) is 1.48. The minimum Gasteiger partial charge on any atom is -0.381 e. The van der Waals surface area contributed by atoms with Crippen molar-refractivity contribution < 1.29 is 13.9 Å². The molecule has 0 aromatic heterocycles. The Hall–Kier alpha value is -0.150. The van der Waals surface area contributed by atoms with Gasteiger partial charge >= 0.3 is 0 Å². The van der Waals surface area contributed by atoms with E-state index < -0.39 is 12.0 Å². The van der Waals surface area contributed by atoms with Crippen LogP contribution in [0.5, 0.6) is 0 Å². The molecule has 1 rings (SSSR count). The summed E-state index contributed by atoms with van der Waals surface area (Å²) in [4.78, 5) is 0. The molecule has 0 aromatic rings. The zero-order valence-electron chi connectivity index (χ0n) is 5.15. The molecule has 1 atom stereocenters. The Labute approximate surface area is 62.3 Å². The largest absolute Gasteiger partial charge is 0.381 e. The van der Waals surface area contributed by atoms with Crippen molar-refractivity contribution in [2.45, 2.75) is 24.9 Å². The number of aliphatic hydroxyl groups is 1. The normalized spacial score (nSPS) is 31.6. The van der Waals surface area contributed by atoms with E-state index in [1.807, 2.05) is 0 Å². The lowest BCUT2D eigenvalue weighted by Crippen LogP contribution is -2.35. The summed E-state index contributed by atoms with van der Waals surface area (Å²) >= 11 is 5.28. The maximum Gasteiger partial charge on any atom is 0.278 e. The van der Waals surface area contributed by atoms with E-state index in [4.69, 9.17) is 16.7 Å². The lowest BCUT2D eigenvalue weighted by molar-refractivity contribution is -0.0973. The quantitative estimate of drug-likeness (QED) is 0.586. The van der Waals surface area contributed by atoms with Crippen LogP contribution in [-0.2, 0) is 0 Å². The van der Waals surface area contributed by atoms with Gasteiger partial charge in [0.2, 0.25) is 0 Å². The Morgan fingerprint density at radius 2 is 2.30 bits per heavy atom. The smallest absolute Gasteiger partial charge is 0.278 e. The predicted molar refractivity (Wildman–Crippen MR) is 34.1 cm³/mol. The van der Waals surface area contributed by atoms with Crippen LogP contribution in [0, 0.1) is 0 Å². The minimum absolute atomic E-state index is 0.142. The summed E-state index contributed by atoms with van der Waals surface area (Å²) < 4.78 is 24.9. The summed E-state index contributed by atoms with van der Waals surface area (Å²) in [6.07, 6.45) is -0.445. The van der Waals surface area contributed by atoms with Gasteiger partial charge in [-0.2, -0.15) is 0 Å². The molecule has 0 spiro atoms. The van der Waals surface area contributed by atoms with Crippen LogP contribution in [0.4, 0.5) is 8.78 Å². The van der Waals surface area contributed by atoms with E-state index in [1.165, 1.54) is 6.08 Å². The van der Waals surface area contributed by atoms with E-state index in [2.05, 4.69) is 0 Å². The second-order valence-electron chi connectivity index (χ2n) is 2.29. The van der Waals surface area contributed by atoms with Crippen molar-refractivity contribution in [1.82, 2.24) is 0 Å². The van der Waals surface area contributed by atoms with Crippen LogP contribution in [0.3, 0.4) is 0 Å². The molecule has 0 aromatic carbocycles. The highest BCUT2D eigenvalue weighted by Crippen LogP contribution is 2.34. The fraction of sp³-hybridized carbons (Fsp3) is 0.667. The van der Waals surface area contributed by atoms with Gasteiger partial charge in [-0.1, -0.05) is 17.7 Å². The molecule has 1 aliphatic rings. The number of allylic oxidation sites excluding steroid dienone is 1. The molecule has 4 heteroatoms. The van der Waals surface area contributed by atoms with Gasteiger partial charge in [0.15, 0.2) is 6.10 Å². The van der Waals surface area contributed by atoms with Crippen molar-refractivity contribution in [3.8, 4) is 0 Å². The van der Waals surface area contributed by atoms with Crippen molar-refractivity contribution >= 4 is 11.6 Å². The molecule has 0 aliphatic heterocycles. The van der Waals surface area contributed by atoms with Crippen LogP contribution in [-0.4, -0.2) is 17.1 Å². The highest BCUT2D eigenvalue weighted by atomic mass is 35.5. The first-order chi connectivity index (χ1) is 4.54. The molecule has 1 nitrogen and oxygen atoms in total. The van der Waals surface area contributed by atoms with Crippen molar-refractivity contribution in [3.63, 3.8) is 0 Å². The van der Waals surface area contributed by atoms with Gasteiger partial charge in [-0.25, -0.2) is 8.78 Å². The first-order valence-electron chi connectivity index (χ1n) is 2.95.